The van der Waals surface area contributed by atoms with E-state index in [1.807, 2.05) is 12.2 Å². The summed E-state index contributed by atoms with van der Waals surface area (Å²) in [5.41, 5.74) is 0.809. The van der Waals surface area contributed by atoms with Crippen LogP contribution in [0.25, 0.3) is 0 Å². The van der Waals surface area contributed by atoms with Crippen molar-refractivity contribution >= 4 is 12.4 Å². The van der Waals surface area contributed by atoms with Crippen LogP contribution < -0.4 is 5.32 Å². The number of carboxylic acid groups (broad SMARTS) is 1. The largest absolute Gasteiger partial charge is 0.520 e. The van der Waals surface area contributed by atoms with Gasteiger partial charge in [0.05, 0.1) is 7.11 Å². The van der Waals surface area contributed by atoms with Crippen molar-refractivity contribution in [2.45, 2.75) is 25.3 Å². The number of amides is 1. The fourth-order valence-electron chi connectivity index (χ4n) is 1.59. The van der Waals surface area contributed by atoms with Gasteiger partial charge in [-0.15, -0.1) is 0 Å². The van der Waals surface area contributed by atoms with E-state index in [0.29, 0.717) is 5.76 Å². The summed E-state index contributed by atoms with van der Waals surface area (Å²) < 4.78 is 5.14. The first-order valence-electron chi connectivity index (χ1n) is 4.98. The van der Waals surface area contributed by atoms with Crippen LogP contribution in [0.1, 0.15) is 19.3 Å². The second kappa shape index (κ2) is 6.66. The van der Waals surface area contributed by atoms with Crippen molar-refractivity contribution in [1.82, 2.24) is 5.32 Å². The van der Waals surface area contributed by atoms with Gasteiger partial charge in [-0.05, 0) is 24.5 Å². The normalized spacial score (nSPS) is 15.8. The van der Waals surface area contributed by atoms with Gasteiger partial charge in [-0.3, -0.25) is 4.79 Å². The summed E-state index contributed by atoms with van der Waals surface area (Å²) in [4.78, 5) is 21.0. The number of aliphatic carboxylic acids is 1. The molecule has 0 heterocycles. The predicted molar refractivity (Wildman–Crippen MR) is 57.3 cm³/mol. The molecule has 0 bridgehead atoms. The fraction of sp³-hybridized carbons (Fsp3) is 0.455. The summed E-state index contributed by atoms with van der Waals surface area (Å²) >= 11 is 0. The molecule has 1 aliphatic carbocycles. The quantitative estimate of drug-likeness (QED) is 0.434. The van der Waals surface area contributed by atoms with Crippen LogP contribution in [0.5, 0.6) is 0 Å². The summed E-state index contributed by atoms with van der Waals surface area (Å²) in [5, 5.41) is 11.0. The number of ether oxygens (including phenoxy) is 1. The van der Waals surface area contributed by atoms with Crippen LogP contribution in [-0.4, -0.2) is 30.6 Å². The van der Waals surface area contributed by atoms with Gasteiger partial charge < -0.3 is 20.0 Å². The minimum atomic E-state index is -1.08. The molecule has 0 aliphatic heterocycles. The first-order valence-corrected chi connectivity index (χ1v) is 4.98. The Labute approximate surface area is 93.8 Å². The molecule has 0 radical (unpaired) electrons. The molecule has 1 amide bonds. The van der Waals surface area contributed by atoms with Crippen molar-refractivity contribution in [3.63, 3.8) is 0 Å². The minimum absolute atomic E-state index is 0. The van der Waals surface area contributed by atoms with E-state index in [2.05, 4.69) is 5.32 Å². The van der Waals surface area contributed by atoms with Gasteiger partial charge in [0, 0.05) is 6.42 Å². The molecule has 0 fully saturated rings. The van der Waals surface area contributed by atoms with Crippen LogP contribution in [0.4, 0.5) is 0 Å². The fourth-order valence-corrected chi connectivity index (χ4v) is 1.59. The van der Waals surface area contributed by atoms with E-state index in [4.69, 9.17) is 9.84 Å². The van der Waals surface area contributed by atoms with Gasteiger partial charge >= 0.3 is 5.97 Å². The Kier molecular flexibility index (Phi) is 5.57. The summed E-state index contributed by atoms with van der Waals surface area (Å²) in [7, 11) is 1.54. The van der Waals surface area contributed by atoms with Gasteiger partial charge in [0.1, 0.15) is 11.8 Å². The number of nitrogens with one attached hydrogen (secondary N) is 1. The van der Waals surface area contributed by atoms with E-state index in [1.54, 1.807) is 7.11 Å². The Morgan fingerprint density at radius 1 is 1.59 bits per heavy atom. The van der Waals surface area contributed by atoms with E-state index in [9.17, 15) is 9.59 Å². The Bertz CT molecular complexity index is 338. The van der Waals surface area contributed by atoms with E-state index in [0.717, 1.165) is 18.4 Å². The third kappa shape index (κ3) is 3.70. The number of methoxy groups -OCH3 is 1. The average Bonchev–Trinajstić information content (AvgIpc) is 2.29. The van der Waals surface area contributed by atoms with Gasteiger partial charge in [-0.2, -0.15) is 6.41 Å². The van der Waals surface area contributed by atoms with E-state index >= 15 is 0 Å². The number of hydrogen-bond donors (Lipinski definition) is 2. The van der Waals surface area contributed by atoms with Crippen LogP contribution in [0.3, 0.4) is 0 Å². The Hall–Kier alpha value is -2.78. The molecular weight excluding hydrogens is 467 g/mol. The van der Waals surface area contributed by atoms with Crippen molar-refractivity contribution in [2.75, 3.05) is 7.11 Å². The number of rotatable bonds is 6. The molecule has 1 atom stereocenters. The molecular formula is C11H14FmNO4-. The zero-order chi connectivity index (χ0) is 12.0. The molecule has 0 spiro atoms. The van der Waals surface area contributed by atoms with E-state index < -0.39 is 12.0 Å². The van der Waals surface area contributed by atoms with Gasteiger partial charge in [0.25, 0.3) is 0 Å². The molecule has 0 aromatic carbocycles. The number of hydrogen-bond acceptors (Lipinski definition) is 3. The molecule has 1 rings (SSSR count). The van der Waals surface area contributed by atoms with Crippen molar-refractivity contribution in [1.29, 1.82) is 0 Å². The molecule has 0 saturated carbocycles. The van der Waals surface area contributed by atoms with Crippen LogP contribution in [-0.2, 0) is 14.3 Å². The van der Waals surface area contributed by atoms with Gasteiger partial charge in [-0.1, -0.05) is 6.08 Å². The van der Waals surface area contributed by atoms with Crippen LogP contribution >= 0.6 is 0 Å². The van der Waals surface area contributed by atoms with Gasteiger partial charge in [-0.25, -0.2) is 0 Å². The van der Waals surface area contributed by atoms with Crippen LogP contribution in [0, 0.1) is 0 Å². The maximum absolute atomic E-state index is 10.8. The third-order valence-electron chi connectivity index (χ3n) is 2.38. The first kappa shape index (κ1) is 14.2. The van der Waals surface area contributed by atoms with Gasteiger partial charge in [0.2, 0.25) is 0 Å². The monoisotopic (exact) mass is 481 g/mol. The van der Waals surface area contributed by atoms with Crippen LogP contribution in [0.15, 0.2) is 23.5 Å². The summed E-state index contributed by atoms with van der Waals surface area (Å²) in [6.07, 6.45) is 7.21. The maximum Gasteiger partial charge on any atom is 0.323 e. The molecule has 0 aromatic rings. The number of allylic oxidation sites excluding steroid dienone is 3. The number of carbonyl (C=O) groups is 1. The second-order valence-electron chi connectivity index (χ2n) is 3.42. The van der Waals surface area contributed by atoms with Crippen molar-refractivity contribution in [3.8, 4) is 0 Å². The summed E-state index contributed by atoms with van der Waals surface area (Å²) in [5.74, 6) is -0.393. The van der Waals surface area contributed by atoms with Crippen molar-refractivity contribution in [3.05, 3.63) is 23.5 Å². The third-order valence-corrected chi connectivity index (χ3v) is 2.38. The standard InChI is InChI=1S/C11H14NO4.Fm/c1-16-10-5-3-2-4-8(10)6-9(11(14)15)12-7-13;/h4-5,9H,2-3,6H2,1H3,(H,12,13)(H,14,15);/q-1;/t9-;/m0./s1. The molecule has 100 valence electrons. The number of carbonyl (C=O) groups excluding carboxylic acids is 1. The van der Waals surface area contributed by atoms with E-state index in [1.165, 1.54) is 6.41 Å². The molecule has 0 aromatic heterocycles. The predicted octanol–water partition coefficient (Wildman–Crippen LogP) is 0.737. The molecule has 1 aliphatic rings. The average molecular weight is 481 g/mol. The molecule has 17 heavy (non-hydrogen) atoms. The maximum atomic E-state index is 10.8. The first-order chi connectivity index (χ1) is 7.69. The van der Waals surface area contributed by atoms with Crippen molar-refractivity contribution < 1.29 is 19.4 Å². The summed E-state index contributed by atoms with van der Waals surface area (Å²) in [6.45, 7) is 0. The zero-order valence-corrected chi connectivity index (χ0v) is 11.7. The Morgan fingerprint density at radius 2 is 2.24 bits per heavy atom. The molecule has 2 N–H and O–H groups in total. The van der Waals surface area contributed by atoms with Crippen molar-refractivity contribution in [2.24, 2.45) is 0 Å². The smallest absolute Gasteiger partial charge is 0.323 e. The molecule has 0 saturated heterocycles. The molecule has 6 heteroatoms. The molecule has 0 unspecified atom stereocenters. The zero-order valence-electron chi connectivity index (χ0n) is 9.31. The Morgan fingerprint density at radius 3 is 2.76 bits per heavy atom. The molecule has 5 nitrogen and oxygen atoms in total. The topological polar surface area (TPSA) is 75.6 Å². The van der Waals surface area contributed by atoms with E-state index in [-0.39, 0.29) is 6.42 Å². The Balaban J connectivity index is 0.00000256. The number of carboxylic acids is 1. The van der Waals surface area contributed by atoms with Gasteiger partial charge in [0.15, 0.2) is 0 Å². The second-order valence-corrected chi connectivity index (χ2v) is 3.42. The van der Waals surface area contributed by atoms with Crippen LogP contribution in [0.2, 0.25) is 0 Å². The SMILES string of the molecule is COC1=CCCC=C1C[C@H](N[C-]=O)C(=O)O.[Fm]. The summed E-state index contributed by atoms with van der Waals surface area (Å²) in [6, 6.07) is -0.958. The minimum Gasteiger partial charge on any atom is -0.520 e.